The Labute approximate surface area is 208 Å². The first-order valence-electron chi connectivity index (χ1n) is 11.1. The molecule has 1 aliphatic rings. The lowest BCUT2D eigenvalue weighted by atomic mass is 10.0. The number of aromatic nitrogens is 3. The molecule has 0 spiro atoms. The third kappa shape index (κ3) is 5.73. The van der Waals surface area contributed by atoms with E-state index in [1.54, 1.807) is 19.2 Å². The maximum atomic E-state index is 13.1. The zero-order chi connectivity index (χ0) is 25.5. The van der Waals surface area contributed by atoms with Gasteiger partial charge in [0.05, 0.1) is 28.9 Å². The molecule has 0 bridgehead atoms. The summed E-state index contributed by atoms with van der Waals surface area (Å²) in [4.78, 5) is 34.5. The van der Waals surface area contributed by atoms with Gasteiger partial charge in [-0.25, -0.2) is 23.1 Å². The molecule has 4 rings (SSSR count). The SMILES string of the molecule is Cc1cc([C@@H](C)Nc2ccc(Cl)nc2C(=O)NS(C)(=O)=O)c2nc(NCC3CC3)n(C)c(=O)c2c1. The lowest BCUT2D eigenvalue weighted by molar-refractivity contribution is 0.0977. The highest BCUT2D eigenvalue weighted by Gasteiger charge is 2.23. The van der Waals surface area contributed by atoms with Crippen LogP contribution in [0.1, 0.15) is 47.4 Å². The first-order valence-corrected chi connectivity index (χ1v) is 13.4. The highest BCUT2D eigenvalue weighted by molar-refractivity contribution is 7.89. The maximum Gasteiger partial charge on any atom is 0.285 e. The van der Waals surface area contributed by atoms with Crippen molar-refractivity contribution < 1.29 is 13.2 Å². The normalized spacial score (nSPS) is 14.5. The number of nitrogens with zero attached hydrogens (tertiary/aromatic N) is 3. The molecule has 0 saturated heterocycles. The minimum absolute atomic E-state index is 0.0411. The summed E-state index contributed by atoms with van der Waals surface area (Å²) in [6.45, 7) is 4.51. The van der Waals surface area contributed by atoms with Crippen LogP contribution in [-0.4, -0.2) is 41.7 Å². The number of anilines is 2. The quantitative estimate of drug-likeness (QED) is 0.387. The number of rotatable bonds is 8. The molecular weight excluding hydrogens is 492 g/mol. The average Bonchev–Trinajstić information content (AvgIpc) is 3.59. The highest BCUT2D eigenvalue weighted by Crippen LogP contribution is 2.30. The third-order valence-corrected chi connectivity index (χ3v) is 6.56. The molecule has 1 atom stereocenters. The molecule has 3 N–H and O–H groups in total. The first kappa shape index (κ1) is 24.9. The third-order valence-electron chi connectivity index (χ3n) is 5.79. The first-order chi connectivity index (χ1) is 16.4. The summed E-state index contributed by atoms with van der Waals surface area (Å²) < 4.78 is 26.6. The number of nitrogens with one attached hydrogen (secondary N) is 3. The molecule has 0 radical (unpaired) electrons. The Morgan fingerprint density at radius 1 is 1.26 bits per heavy atom. The molecule has 1 saturated carbocycles. The minimum Gasteiger partial charge on any atom is -0.377 e. The fourth-order valence-electron chi connectivity index (χ4n) is 3.85. The Balaban J connectivity index is 1.74. The Morgan fingerprint density at radius 2 is 1.97 bits per heavy atom. The van der Waals surface area contributed by atoms with Crippen LogP contribution in [0.4, 0.5) is 11.6 Å². The standard InChI is InChI=1S/C23H27ClN6O4S/c1-12-9-15(19-16(10-12)22(32)30(3)23(28-19)25-11-14-5-6-14)13(2)26-17-7-8-18(24)27-20(17)21(31)29-35(4,33)34/h7-10,13-14,26H,5-6,11H2,1-4H3,(H,25,28)(H,29,31)/t13-/m1/s1. The second-order valence-corrected chi connectivity index (χ2v) is 11.1. The maximum absolute atomic E-state index is 13.1. The fraction of sp³-hybridized carbons (Fsp3) is 0.391. The van der Waals surface area contributed by atoms with E-state index in [0.29, 0.717) is 22.8 Å². The minimum atomic E-state index is -3.80. The Kier molecular flexibility index (Phi) is 6.74. The summed E-state index contributed by atoms with van der Waals surface area (Å²) in [5.41, 5.74) is 2.13. The lowest BCUT2D eigenvalue weighted by Gasteiger charge is -2.20. The number of pyridine rings is 1. The molecule has 35 heavy (non-hydrogen) atoms. The van der Waals surface area contributed by atoms with E-state index in [-0.39, 0.29) is 22.1 Å². The Bertz CT molecular complexity index is 1480. The summed E-state index contributed by atoms with van der Waals surface area (Å²) in [5.74, 6) is 0.194. The van der Waals surface area contributed by atoms with Crippen LogP contribution in [0.15, 0.2) is 29.1 Å². The van der Waals surface area contributed by atoms with Crippen molar-refractivity contribution in [3.8, 4) is 0 Å². The van der Waals surface area contributed by atoms with Gasteiger partial charge in [0.2, 0.25) is 16.0 Å². The van der Waals surface area contributed by atoms with E-state index < -0.39 is 22.0 Å². The Hall–Kier alpha value is -3.18. The van der Waals surface area contributed by atoms with E-state index in [2.05, 4.69) is 15.6 Å². The molecule has 2 aromatic heterocycles. The van der Waals surface area contributed by atoms with Crippen LogP contribution in [0, 0.1) is 12.8 Å². The van der Waals surface area contributed by atoms with Crippen LogP contribution in [0.3, 0.4) is 0 Å². The number of halogens is 1. The van der Waals surface area contributed by atoms with Crippen molar-refractivity contribution in [1.82, 2.24) is 19.3 Å². The van der Waals surface area contributed by atoms with E-state index in [4.69, 9.17) is 16.6 Å². The molecule has 10 nitrogen and oxygen atoms in total. The number of sulfonamides is 1. The topological polar surface area (TPSA) is 135 Å². The summed E-state index contributed by atoms with van der Waals surface area (Å²) in [5, 5.41) is 7.02. The van der Waals surface area contributed by atoms with Crippen LogP contribution in [-0.2, 0) is 17.1 Å². The largest absolute Gasteiger partial charge is 0.377 e. The predicted octanol–water partition coefficient (Wildman–Crippen LogP) is 2.97. The van der Waals surface area contributed by atoms with Gasteiger partial charge in [0.15, 0.2) is 5.69 Å². The van der Waals surface area contributed by atoms with Crippen LogP contribution >= 0.6 is 11.6 Å². The van der Waals surface area contributed by atoms with Gasteiger partial charge in [0.25, 0.3) is 11.5 Å². The number of carbonyl (C=O) groups excluding carboxylic acids is 1. The van der Waals surface area contributed by atoms with E-state index in [0.717, 1.165) is 23.9 Å². The fourth-order valence-corrected chi connectivity index (χ4v) is 4.43. The predicted molar refractivity (Wildman–Crippen MR) is 137 cm³/mol. The van der Waals surface area contributed by atoms with Crippen molar-refractivity contribution in [2.24, 2.45) is 13.0 Å². The van der Waals surface area contributed by atoms with Gasteiger partial charge >= 0.3 is 0 Å². The average molecular weight is 519 g/mol. The number of hydrogen-bond donors (Lipinski definition) is 3. The molecule has 3 aromatic rings. The summed E-state index contributed by atoms with van der Waals surface area (Å²) in [7, 11) is -2.11. The van der Waals surface area contributed by atoms with Gasteiger partial charge in [0.1, 0.15) is 5.15 Å². The molecule has 2 heterocycles. The Morgan fingerprint density at radius 3 is 2.63 bits per heavy atom. The van der Waals surface area contributed by atoms with Crippen LogP contribution in [0.25, 0.3) is 10.9 Å². The van der Waals surface area contributed by atoms with Crippen molar-refractivity contribution >= 4 is 50.1 Å². The van der Waals surface area contributed by atoms with Crippen molar-refractivity contribution in [3.05, 3.63) is 56.6 Å². The molecule has 12 heteroatoms. The number of fused-ring (bicyclic) bond motifs is 1. The van der Waals surface area contributed by atoms with Gasteiger partial charge in [-0.05, 0) is 56.4 Å². The smallest absolute Gasteiger partial charge is 0.285 e. The molecule has 1 aliphatic carbocycles. The second kappa shape index (κ2) is 9.46. The van der Waals surface area contributed by atoms with Gasteiger partial charge in [-0.2, -0.15) is 0 Å². The van der Waals surface area contributed by atoms with Crippen LogP contribution in [0.5, 0.6) is 0 Å². The molecule has 1 amide bonds. The van der Waals surface area contributed by atoms with Crippen molar-refractivity contribution in [2.45, 2.75) is 32.7 Å². The number of benzene rings is 1. The summed E-state index contributed by atoms with van der Waals surface area (Å²) in [6, 6.07) is 6.37. The lowest BCUT2D eigenvalue weighted by Crippen LogP contribution is -2.31. The second-order valence-electron chi connectivity index (χ2n) is 8.97. The molecule has 1 aromatic carbocycles. The van der Waals surface area contributed by atoms with E-state index in [9.17, 15) is 18.0 Å². The molecule has 0 unspecified atom stereocenters. The van der Waals surface area contributed by atoms with E-state index in [1.807, 2.05) is 24.6 Å². The summed E-state index contributed by atoms with van der Waals surface area (Å²) >= 11 is 5.97. The van der Waals surface area contributed by atoms with Gasteiger partial charge in [0, 0.05) is 19.2 Å². The van der Waals surface area contributed by atoms with Gasteiger partial charge < -0.3 is 10.6 Å². The monoisotopic (exact) mass is 518 g/mol. The zero-order valence-electron chi connectivity index (χ0n) is 19.8. The van der Waals surface area contributed by atoms with Crippen molar-refractivity contribution in [1.29, 1.82) is 0 Å². The van der Waals surface area contributed by atoms with Gasteiger partial charge in [-0.1, -0.05) is 17.7 Å². The van der Waals surface area contributed by atoms with Crippen LogP contribution < -0.4 is 20.9 Å². The number of aryl methyl sites for hydroxylation is 1. The zero-order valence-corrected chi connectivity index (χ0v) is 21.4. The molecular formula is C23H27ClN6O4S. The molecule has 0 aliphatic heterocycles. The van der Waals surface area contributed by atoms with E-state index >= 15 is 0 Å². The van der Waals surface area contributed by atoms with Gasteiger partial charge in [-0.3, -0.25) is 14.2 Å². The highest BCUT2D eigenvalue weighted by atomic mass is 35.5. The molecule has 1 fully saturated rings. The number of amides is 1. The van der Waals surface area contributed by atoms with Crippen molar-refractivity contribution in [3.63, 3.8) is 0 Å². The number of hydrogen-bond acceptors (Lipinski definition) is 8. The van der Waals surface area contributed by atoms with Crippen LogP contribution in [0.2, 0.25) is 5.15 Å². The van der Waals surface area contributed by atoms with E-state index in [1.165, 1.54) is 23.5 Å². The van der Waals surface area contributed by atoms with Crippen molar-refractivity contribution in [2.75, 3.05) is 23.4 Å². The number of carbonyl (C=O) groups is 1. The summed E-state index contributed by atoms with van der Waals surface area (Å²) in [6.07, 6.45) is 3.22. The molecule has 186 valence electrons. The van der Waals surface area contributed by atoms with Gasteiger partial charge in [-0.15, -0.1) is 0 Å².